The third kappa shape index (κ3) is 5.33. The Balaban J connectivity index is 1.69. The van der Waals surface area contributed by atoms with Crippen molar-refractivity contribution < 1.29 is 4.79 Å². The second kappa shape index (κ2) is 10.0. The van der Waals surface area contributed by atoms with E-state index in [0.717, 1.165) is 34.4 Å². The summed E-state index contributed by atoms with van der Waals surface area (Å²) in [6, 6.07) is 9.67. The maximum Gasteiger partial charge on any atom is 0.234 e. The summed E-state index contributed by atoms with van der Waals surface area (Å²) in [5.74, 6) is 0.993. The molecule has 0 saturated carbocycles. The first-order valence-corrected chi connectivity index (χ1v) is 11.6. The highest BCUT2D eigenvalue weighted by Crippen LogP contribution is 2.28. The summed E-state index contributed by atoms with van der Waals surface area (Å²) in [5, 5.41) is 14.4. The van der Waals surface area contributed by atoms with Crippen molar-refractivity contribution in [1.29, 1.82) is 0 Å². The van der Waals surface area contributed by atoms with Gasteiger partial charge < -0.3 is 5.32 Å². The van der Waals surface area contributed by atoms with Crippen molar-refractivity contribution in [3.8, 4) is 11.4 Å². The maximum atomic E-state index is 12.3. The van der Waals surface area contributed by atoms with Gasteiger partial charge in [-0.05, 0) is 36.8 Å². The summed E-state index contributed by atoms with van der Waals surface area (Å²) in [5.41, 5.74) is 1.83. The van der Waals surface area contributed by atoms with E-state index >= 15 is 0 Å². The van der Waals surface area contributed by atoms with Gasteiger partial charge in [0.15, 0.2) is 11.0 Å². The number of allylic oxidation sites excluding steroid dienone is 1. The number of halogens is 1. The Morgan fingerprint density at radius 2 is 2.14 bits per heavy atom. The van der Waals surface area contributed by atoms with Gasteiger partial charge >= 0.3 is 0 Å². The summed E-state index contributed by atoms with van der Waals surface area (Å²) in [4.78, 5) is 13.6. The van der Waals surface area contributed by atoms with Crippen LogP contribution in [0.25, 0.3) is 11.4 Å². The van der Waals surface area contributed by atoms with Crippen LogP contribution in [0.1, 0.15) is 18.2 Å². The first kappa shape index (κ1) is 20.8. The van der Waals surface area contributed by atoms with E-state index in [1.165, 1.54) is 16.6 Å². The fourth-order valence-electron chi connectivity index (χ4n) is 2.64. The number of aromatic nitrogens is 3. The van der Waals surface area contributed by atoms with Crippen LogP contribution in [0.4, 0.5) is 5.69 Å². The van der Waals surface area contributed by atoms with Crippen LogP contribution in [0.3, 0.4) is 0 Å². The van der Waals surface area contributed by atoms with Gasteiger partial charge in [-0.15, -0.1) is 28.1 Å². The van der Waals surface area contributed by atoms with Crippen LogP contribution in [0, 0.1) is 0 Å². The molecule has 1 aromatic carbocycles. The number of amides is 1. The molecule has 0 saturated heterocycles. The molecule has 0 atom stereocenters. The average Bonchev–Trinajstić information content (AvgIpc) is 3.29. The number of nitrogens with one attached hydrogen (secondary N) is 1. The Kier molecular flexibility index (Phi) is 7.47. The van der Waals surface area contributed by atoms with E-state index in [-0.39, 0.29) is 11.7 Å². The number of aryl methyl sites for hydroxylation is 1. The fraction of sp³-hybridized carbons (Fsp3) is 0.250. The van der Waals surface area contributed by atoms with Crippen LogP contribution < -0.4 is 5.32 Å². The zero-order valence-electron chi connectivity index (χ0n) is 15.5. The van der Waals surface area contributed by atoms with E-state index < -0.39 is 0 Å². The second-order valence-corrected chi connectivity index (χ2v) is 8.95. The molecule has 8 heteroatoms. The quantitative estimate of drug-likeness (QED) is 0.320. The number of thiophene rings is 1. The average molecular weight is 477 g/mol. The molecule has 1 N–H and O–H groups in total. The first-order valence-electron chi connectivity index (χ1n) is 8.90. The van der Waals surface area contributed by atoms with E-state index in [0.29, 0.717) is 11.7 Å². The smallest absolute Gasteiger partial charge is 0.234 e. The SMILES string of the molecule is C=CCn1c(SCC(=O)Nc2ccc(Br)cc2)nnc1-c1csc(CCC)c1. The summed E-state index contributed by atoms with van der Waals surface area (Å²) in [6.07, 6.45) is 4.00. The van der Waals surface area contributed by atoms with Crippen LogP contribution in [0.5, 0.6) is 0 Å². The van der Waals surface area contributed by atoms with Crippen molar-refractivity contribution in [2.24, 2.45) is 0 Å². The third-order valence-electron chi connectivity index (χ3n) is 3.90. The van der Waals surface area contributed by atoms with E-state index in [2.05, 4.69) is 56.4 Å². The van der Waals surface area contributed by atoms with Crippen molar-refractivity contribution in [1.82, 2.24) is 14.8 Å². The number of carbonyl (C=O) groups is 1. The van der Waals surface area contributed by atoms with Gasteiger partial charge in [-0.1, -0.05) is 47.1 Å². The molecule has 3 aromatic rings. The van der Waals surface area contributed by atoms with E-state index in [4.69, 9.17) is 0 Å². The molecule has 1 amide bonds. The summed E-state index contributed by atoms with van der Waals surface area (Å²) in [7, 11) is 0. The second-order valence-electron chi connectivity index (χ2n) is 6.10. The highest BCUT2D eigenvalue weighted by molar-refractivity contribution is 9.10. The molecule has 0 radical (unpaired) electrons. The predicted molar refractivity (Wildman–Crippen MR) is 121 cm³/mol. The van der Waals surface area contributed by atoms with Crippen LogP contribution in [0.2, 0.25) is 0 Å². The predicted octanol–water partition coefficient (Wildman–Crippen LogP) is 5.64. The van der Waals surface area contributed by atoms with Gasteiger partial charge in [0, 0.05) is 32.5 Å². The van der Waals surface area contributed by atoms with Gasteiger partial charge in [-0.2, -0.15) is 0 Å². The lowest BCUT2D eigenvalue weighted by Crippen LogP contribution is -2.14. The van der Waals surface area contributed by atoms with E-state index in [9.17, 15) is 4.79 Å². The van der Waals surface area contributed by atoms with E-state index in [1.807, 2.05) is 34.9 Å². The highest BCUT2D eigenvalue weighted by Gasteiger charge is 2.16. The monoisotopic (exact) mass is 476 g/mol. The summed E-state index contributed by atoms with van der Waals surface area (Å²) >= 11 is 6.50. The number of rotatable bonds is 9. The molecule has 2 aromatic heterocycles. The fourth-order valence-corrected chi connectivity index (χ4v) is 4.62. The minimum absolute atomic E-state index is 0.0807. The molecule has 0 aliphatic carbocycles. The molecule has 0 aliphatic heterocycles. The summed E-state index contributed by atoms with van der Waals surface area (Å²) < 4.78 is 2.97. The topological polar surface area (TPSA) is 59.8 Å². The maximum absolute atomic E-state index is 12.3. The van der Waals surface area contributed by atoms with Gasteiger partial charge in [-0.3, -0.25) is 9.36 Å². The minimum atomic E-state index is -0.0807. The largest absolute Gasteiger partial charge is 0.325 e. The molecule has 146 valence electrons. The van der Waals surface area contributed by atoms with Crippen molar-refractivity contribution in [2.45, 2.75) is 31.5 Å². The van der Waals surface area contributed by atoms with Crippen molar-refractivity contribution in [2.75, 3.05) is 11.1 Å². The number of anilines is 1. The molecule has 0 spiro atoms. The van der Waals surface area contributed by atoms with Gasteiger partial charge in [-0.25, -0.2) is 0 Å². The molecule has 3 rings (SSSR count). The number of hydrogen-bond donors (Lipinski definition) is 1. The van der Waals surface area contributed by atoms with Gasteiger partial charge in [0.05, 0.1) is 5.75 Å². The Labute approximate surface area is 181 Å². The minimum Gasteiger partial charge on any atom is -0.325 e. The van der Waals surface area contributed by atoms with Crippen LogP contribution in [-0.2, 0) is 17.8 Å². The lowest BCUT2D eigenvalue weighted by Gasteiger charge is -2.07. The Morgan fingerprint density at radius 3 is 2.86 bits per heavy atom. The molecular weight excluding hydrogens is 456 g/mol. The Morgan fingerprint density at radius 1 is 1.36 bits per heavy atom. The van der Waals surface area contributed by atoms with E-state index in [1.54, 1.807) is 11.3 Å². The van der Waals surface area contributed by atoms with Crippen molar-refractivity contribution in [3.63, 3.8) is 0 Å². The number of thioether (sulfide) groups is 1. The first-order chi connectivity index (χ1) is 13.6. The molecule has 0 unspecified atom stereocenters. The zero-order chi connectivity index (χ0) is 19.9. The third-order valence-corrected chi connectivity index (χ3v) is 6.39. The Bertz CT molecular complexity index is 950. The van der Waals surface area contributed by atoms with Crippen LogP contribution in [0.15, 0.2) is 58.0 Å². The normalized spacial score (nSPS) is 10.8. The summed E-state index contributed by atoms with van der Waals surface area (Å²) in [6.45, 7) is 6.61. The number of nitrogens with zero attached hydrogens (tertiary/aromatic N) is 3. The number of hydrogen-bond acceptors (Lipinski definition) is 5. The van der Waals surface area contributed by atoms with Gasteiger partial charge in [0.1, 0.15) is 0 Å². The highest BCUT2D eigenvalue weighted by atomic mass is 79.9. The van der Waals surface area contributed by atoms with Crippen molar-refractivity contribution in [3.05, 3.63) is 57.7 Å². The molecule has 5 nitrogen and oxygen atoms in total. The molecule has 0 aliphatic rings. The lowest BCUT2D eigenvalue weighted by molar-refractivity contribution is -0.113. The molecule has 2 heterocycles. The van der Waals surface area contributed by atoms with Gasteiger partial charge in [0.2, 0.25) is 5.91 Å². The Hall–Kier alpha value is -1.90. The molecule has 0 bridgehead atoms. The van der Waals surface area contributed by atoms with Crippen LogP contribution >= 0.6 is 39.0 Å². The standard InChI is InChI=1S/C20H21BrN4OS2/c1-3-5-17-11-14(12-27-17)19-23-24-20(25(19)10-4-2)28-13-18(26)22-16-8-6-15(21)7-9-16/h4,6-9,11-12H,2-3,5,10,13H2,1H3,(H,22,26). The molecular formula is C20H21BrN4OS2. The van der Waals surface area contributed by atoms with Gasteiger partial charge in [0.25, 0.3) is 0 Å². The molecule has 0 fully saturated rings. The number of benzene rings is 1. The van der Waals surface area contributed by atoms with Crippen molar-refractivity contribution >= 4 is 50.6 Å². The lowest BCUT2D eigenvalue weighted by atomic mass is 10.2. The number of carbonyl (C=O) groups excluding carboxylic acids is 1. The molecule has 28 heavy (non-hydrogen) atoms. The zero-order valence-corrected chi connectivity index (χ0v) is 18.7. The van der Waals surface area contributed by atoms with Crippen LogP contribution in [-0.4, -0.2) is 26.4 Å².